The van der Waals surface area contributed by atoms with Crippen LogP contribution in [0.5, 0.6) is 11.5 Å². The first-order valence-electron chi connectivity index (χ1n) is 9.38. The molecule has 1 N–H and O–H groups in total. The number of rotatable bonds is 10. The molecule has 8 heteroatoms. The second-order valence-electron chi connectivity index (χ2n) is 6.08. The molecular formula is C20H24N4O3S. The Hall–Kier alpha value is -2.87. The number of benzene rings is 1. The molecule has 0 saturated heterocycles. The second kappa shape index (κ2) is 9.89. The van der Waals surface area contributed by atoms with E-state index >= 15 is 0 Å². The van der Waals surface area contributed by atoms with Crippen molar-refractivity contribution in [2.24, 2.45) is 5.10 Å². The Balaban J connectivity index is 1.80. The third kappa shape index (κ3) is 4.89. The summed E-state index contributed by atoms with van der Waals surface area (Å²) in [5, 5.41) is 11.4. The standard InChI is InChI=1S/C20H24N4O3S/c1-3-5-6-11-26-16-10-9-15(13-18(16)25-4-2)14-21-24-19(22-23-20(24)28)17-8-7-12-27-17/h7-10,12-14H,3-6,11H2,1-2H3,(H,23,28)/b21-14-. The van der Waals surface area contributed by atoms with Crippen molar-refractivity contribution in [3.05, 3.63) is 46.9 Å². The number of ether oxygens (including phenoxy) is 2. The van der Waals surface area contributed by atoms with Crippen molar-refractivity contribution in [3.8, 4) is 23.1 Å². The molecule has 0 bridgehead atoms. The molecule has 1 aromatic carbocycles. The molecule has 2 heterocycles. The SMILES string of the molecule is CCCCCOc1ccc(/C=N\n2c(-c3ccco3)n[nH]c2=S)cc1OCC. The van der Waals surface area contributed by atoms with Crippen LogP contribution in [0.25, 0.3) is 11.6 Å². The van der Waals surface area contributed by atoms with Gasteiger partial charge in [-0.25, -0.2) is 5.10 Å². The Labute approximate surface area is 169 Å². The number of aromatic nitrogens is 3. The molecule has 3 aromatic rings. The molecule has 0 aliphatic rings. The highest BCUT2D eigenvalue weighted by molar-refractivity contribution is 7.71. The summed E-state index contributed by atoms with van der Waals surface area (Å²) in [7, 11) is 0. The van der Waals surface area contributed by atoms with Gasteiger partial charge in [0.15, 0.2) is 17.3 Å². The minimum absolute atomic E-state index is 0.378. The average Bonchev–Trinajstić information content (AvgIpc) is 3.35. The van der Waals surface area contributed by atoms with Crippen LogP contribution in [0.4, 0.5) is 0 Å². The zero-order chi connectivity index (χ0) is 19.8. The number of hydrogen-bond acceptors (Lipinski definition) is 6. The molecule has 0 radical (unpaired) electrons. The molecule has 0 amide bonds. The summed E-state index contributed by atoms with van der Waals surface area (Å²) in [4.78, 5) is 0. The number of nitrogens with zero attached hydrogens (tertiary/aromatic N) is 3. The molecular weight excluding hydrogens is 376 g/mol. The van der Waals surface area contributed by atoms with E-state index in [0.717, 1.165) is 30.6 Å². The molecule has 2 aromatic heterocycles. The van der Waals surface area contributed by atoms with Gasteiger partial charge < -0.3 is 13.9 Å². The monoisotopic (exact) mass is 400 g/mol. The van der Waals surface area contributed by atoms with E-state index in [1.807, 2.05) is 25.1 Å². The number of aromatic amines is 1. The highest BCUT2D eigenvalue weighted by atomic mass is 32.1. The maximum absolute atomic E-state index is 5.87. The fourth-order valence-corrected chi connectivity index (χ4v) is 2.79. The molecule has 3 rings (SSSR count). The van der Waals surface area contributed by atoms with E-state index in [2.05, 4.69) is 22.2 Å². The molecule has 0 atom stereocenters. The van der Waals surface area contributed by atoms with Crippen LogP contribution in [0.15, 0.2) is 46.1 Å². The van der Waals surface area contributed by atoms with Crippen molar-refractivity contribution < 1.29 is 13.9 Å². The second-order valence-corrected chi connectivity index (χ2v) is 6.47. The predicted molar refractivity (Wildman–Crippen MR) is 111 cm³/mol. The van der Waals surface area contributed by atoms with Crippen LogP contribution >= 0.6 is 12.2 Å². The summed E-state index contributed by atoms with van der Waals surface area (Å²) in [6.45, 7) is 5.35. The lowest BCUT2D eigenvalue weighted by molar-refractivity contribution is 0.271. The average molecular weight is 401 g/mol. The van der Waals surface area contributed by atoms with Gasteiger partial charge in [-0.15, -0.1) is 5.10 Å². The summed E-state index contributed by atoms with van der Waals surface area (Å²) < 4.78 is 18.9. The molecule has 0 fully saturated rings. The van der Waals surface area contributed by atoms with Crippen molar-refractivity contribution in [2.75, 3.05) is 13.2 Å². The van der Waals surface area contributed by atoms with Crippen molar-refractivity contribution in [3.63, 3.8) is 0 Å². The van der Waals surface area contributed by atoms with Crippen LogP contribution in [0.1, 0.15) is 38.7 Å². The Kier molecular flexibility index (Phi) is 7.02. The third-order valence-corrected chi connectivity index (χ3v) is 4.25. The maximum Gasteiger partial charge on any atom is 0.219 e. The summed E-state index contributed by atoms with van der Waals surface area (Å²) in [6, 6.07) is 9.32. The minimum Gasteiger partial charge on any atom is -0.490 e. The van der Waals surface area contributed by atoms with Gasteiger partial charge >= 0.3 is 0 Å². The molecule has 0 saturated carbocycles. The van der Waals surface area contributed by atoms with Crippen LogP contribution in [0.3, 0.4) is 0 Å². The normalized spacial score (nSPS) is 11.2. The largest absolute Gasteiger partial charge is 0.490 e. The zero-order valence-corrected chi connectivity index (χ0v) is 16.9. The predicted octanol–water partition coefficient (Wildman–Crippen LogP) is 5.05. The molecule has 0 unspecified atom stereocenters. The third-order valence-electron chi connectivity index (χ3n) is 3.99. The van der Waals surface area contributed by atoms with E-state index in [0.29, 0.717) is 35.3 Å². The number of unbranched alkanes of at least 4 members (excludes halogenated alkanes) is 2. The summed E-state index contributed by atoms with van der Waals surface area (Å²) in [5.41, 5.74) is 0.859. The number of hydrogen-bond donors (Lipinski definition) is 1. The molecule has 28 heavy (non-hydrogen) atoms. The Morgan fingerprint density at radius 3 is 2.86 bits per heavy atom. The molecule has 0 aliphatic carbocycles. The van der Waals surface area contributed by atoms with E-state index in [1.54, 1.807) is 24.6 Å². The molecule has 0 aliphatic heterocycles. The molecule has 148 valence electrons. The lowest BCUT2D eigenvalue weighted by atomic mass is 10.2. The fraction of sp³-hybridized carbons (Fsp3) is 0.350. The highest BCUT2D eigenvalue weighted by Gasteiger charge is 2.11. The highest BCUT2D eigenvalue weighted by Crippen LogP contribution is 2.28. The van der Waals surface area contributed by atoms with Gasteiger partial charge in [-0.2, -0.15) is 9.78 Å². The smallest absolute Gasteiger partial charge is 0.219 e. The van der Waals surface area contributed by atoms with Crippen molar-refractivity contribution in [1.82, 2.24) is 14.9 Å². The van der Waals surface area contributed by atoms with Crippen molar-refractivity contribution >= 4 is 18.4 Å². The van der Waals surface area contributed by atoms with Gasteiger partial charge in [0.25, 0.3) is 0 Å². The van der Waals surface area contributed by atoms with Crippen LogP contribution in [-0.2, 0) is 0 Å². The van der Waals surface area contributed by atoms with E-state index in [-0.39, 0.29) is 0 Å². The fourth-order valence-electron chi connectivity index (χ4n) is 2.62. The van der Waals surface area contributed by atoms with Crippen LogP contribution in [0.2, 0.25) is 0 Å². The lowest BCUT2D eigenvalue weighted by Crippen LogP contribution is -2.02. The summed E-state index contributed by atoms with van der Waals surface area (Å²) >= 11 is 5.26. The van der Waals surface area contributed by atoms with Gasteiger partial charge in [0, 0.05) is 0 Å². The zero-order valence-electron chi connectivity index (χ0n) is 16.1. The van der Waals surface area contributed by atoms with Crippen molar-refractivity contribution in [1.29, 1.82) is 0 Å². The van der Waals surface area contributed by atoms with Gasteiger partial charge in [-0.05, 0) is 61.5 Å². The Morgan fingerprint density at radius 1 is 1.21 bits per heavy atom. The summed E-state index contributed by atoms with van der Waals surface area (Å²) in [5.74, 6) is 2.53. The first-order chi connectivity index (χ1) is 13.7. The van der Waals surface area contributed by atoms with Crippen LogP contribution in [-0.4, -0.2) is 34.3 Å². The maximum atomic E-state index is 5.87. The van der Waals surface area contributed by atoms with Crippen molar-refractivity contribution in [2.45, 2.75) is 33.1 Å². The van der Waals surface area contributed by atoms with Gasteiger partial charge in [0.1, 0.15) is 0 Å². The first kappa shape index (κ1) is 19.9. The van der Waals surface area contributed by atoms with Crippen LogP contribution in [0, 0.1) is 4.77 Å². The van der Waals surface area contributed by atoms with E-state index in [1.165, 1.54) is 4.68 Å². The van der Waals surface area contributed by atoms with E-state index in [4.69, 9.17) is 26.1 Å². The van der Waals surface area contributed by atoms with E-state index in [9.17, 15) is 0 Å². The Morgan fingerprint density at radius 2 is 2.11 bits per heavy atom. The number of H-pyrrole nitrogens is 1. The topological polar surface area (TPSA) is 77.6 Å². The number of nitrogens with one attached hydrogen (secondary N) is 1. The Bertz CT molecular complexity index is 960. The van der Waals surface area contributed by atoms with Gasteiger partial charge in [-0.1, -0.05) is 19.8 Å². The van der Waals surface area contributed by atoms with Gasteiger partial charge in [0.05, 0.1) is 25.7 Å². The van der Waals surface area contributed by atoms with Gasteiger partial charge in [0.2, 0.25) is 10.6 Å². The quantitative estimate of drug-likeness (QED) is 0.293. The number of furan rings is 1. The van der Waals surface area contributed by atoms with E-state index < -0.39 is 0 Å². The summed E-state index contributed by atoms with van der Waals surface area (Å²) in [6.07, 6.45) is 6.61. The van der Waals surface area contributed by atoms with Gasteiger partial charge in [-0.3, -0.25) is 0 Å². The first-order valence-corrected chi connectivity index (χ1v) is 9.79. The van der Waals surface area contributed by atoms with Crippen LogP contribution < -0.4 is 9.47 Å². The lowest BCUT2D eigenvalue weighted by Gasteiger charge is -2.12. The molecule has 7 nitrogen and oxygen atoms in total. The molecule has 0 spiro atoms. The minimum atomic E-state index is 0.378.